The van der Waals surface area contributed by atoms with Crippen LogP contribution in [0.15, 0.2) is 28.7 Å². The van der Waals surface area contributed by atoms with Crippen molar-refractivity contribution in [3.63, 3.8) is 0 Å². The van der Waals surface area contributed by atoms with Crippen LogP contribution in [-0.2, 0) is 16.6 Å². The monoisotopic (exact) mass is 466 g/mol. The molecule has 8 heteroatoms. The third kappa shape index (κ3) is 4.18. The van der Waals surface area contributed by atoms with Gasteiger partial charge in [0.1, 0.15) is 17.3 Å². The van der Waals surface area contributed by atoms with Gasteiger partial charge in [-0.1, -0.05) is 47.7 Å². The minimum atomic E-state index is -1.38. The van der Waals surface area contributed by atoms with Gasteiger partial charge in [0.05, 0.1) is 0 Å². The lowest BCUT2D eigenvalue weighted by Crippen LogP contribution is -2.48. The number of carboxylic acids is 1. The first-order valence-electron chi connectivity index (χ1n) is 9.46. The van der Waals surface area contributed by atoms with E-state index in [1.165, 1.54) is 0 Å². The molecular formula is C20H27BrN2O4Si. The van der Waals surface area contributed by atoms with Crippen LogP contribution in [0.4, 0.5) is 0 Å². The van der Waals surface area contributed by atoms with Crippen LogP contribution in [0.5, 0.6) is 0 Å². The topological polar surface area (TPSA) is 80.6 Å². The average molecular weight is 467 g/mol. The van der Waals surface area contributed by atoms with Crippen LogP contribution in [0.25, 0.3) is 10.9 Å². The third-order valence-electron chi connectivity index (χ3n) is 5.47. The molecule has 2 heterocycles. The molecule has 2 atom stereocenters. The SMILES string of the molecule is Cn1c(C(=O)O[C@H]2CN[C@@](CC[Si](C)(C)C)(C(=O)O)C2)cc2c(Br)cccc21. The molecule has 0 spiro atoms. The van der Waals surface area contributed by atoms with Gasteiger partial charge in [0.25, 0.3) is 0 Å². The minimum Gasteiger partial charge on any atom is -0.480 e. The van der Waals surface area contributed by atoms with E-state index in [0.29, 0.717) is 25.1 Å². The molecule has 2 aromatic rings. The summed E-state index contributed by atoms with van der Waals surface area (Å²) in [4.78, 5) is 24.7. The standard InChI is InChI=1S/C20H27BrN2O4Si/c1-23-16-7-5-6-15(21)14(16)10-17(23)18(24)27-13-11-20(19(25)26,22-12-13)8-9-28(2,3)4/h5-7,10,13,22H,8-9,11-12H2,1-4H3,(H,25,26)/t13-,20-/m1/s1. The second-order valence-electron chi connectivity index (χ2n) is 8.82. The maximum Gasteiger partial charge on any atom is 0.355 e. The van der Waals surface area contributed by atoms with Crippen molar-refractivity contribution in [2.75, 3.05) is 6.54 Å². The maximum atomic E-state index is 12.8. The first-order valence-corrected chi connectivity index (χ1v) is 14.0. The summed E-state index contributed by atoms with van der Waals surface area (Å²) in [6, 6.07) is 8.50. The quantitative estimate of drug-likeness (QED) is 0.496. The summed E-state index contributed by atoms with van der Waals surface area (Å²) in [6.07, 6.45) is 0.408. The maximum absolute atomic E-state index is 12.8. The number of aromatic nitrogens is 1. The number of hydrogen-bond acceptors (Lipinski definition) is 4. The second-order valence-corrected chi connectivity index (χ2v) is 15.3. The smallest absolute Gasteiger partial charge is 0.355 e. The van der Waals surface area contributed by atoms with Crippen LogP contribution in [0.1, 0.15) is 23.3 Å². The second kappa shape index (κ2) is 7.65. The molecule has 3 rings (SSSR count). The summed E-state index contributed by atoms with van der Waals surface area (Å²) in [5, 5.41) is 13.9. The van der Waals surface area contributed by atoms with Gasteiger partial charge in [-0.2, -0.15) is 0 Å². The summed E-state index contributed by atoms with van der Waals surface area (Å²) >= 11 is 3.51. The lowest BCUT2D eigenvalue weighted by atomic mass is 9.93. The lowest BCUT2D eigenvalue weighted by Gasteiger charge is -2.27. The molecule has 0 saturated carbocycles. The number of rotatable bonds is 6. The number of carboxylic acid groups (broad SMARTS) is 1. The van der Waals surface area contributed by atoms with E-state index in [4.69, 9.17) is 4.74 Å². The molecule has 1 aliphatic rings. The normalized spacial score (nSPS) is 22.5. The van der Waals surface area contributed by atoms with Gasteiger partial charge in [0.15, 0.2) is 0 Å². The van der Waals surface area contributed by atoms with Crippen LogP contribution in [0.2, 0.25) is 25.7 Å². The van der Waals surface area contributed by atoms with Crippen molar-refractivity contribution in [2.24, 2.45) is 7.05 Å². The highest BCUT2D eigenvalue weighted by atomic mass is 79.9. The van der Waals surface area contributed by atoms with Gasteiger partial charge in [0, 0.05) is 43.5 Å². The molecular weight excluding hydrogens is 440 g/mol. The highest BCUT2D eigenvalue weighted by Gasteiger charge is 2.47. The number of halogens is 1. The highest BCUT2D eigenvalue weighted by Crippen LogP contribution is 2.31. The van der Waals surface area contributed by atoms with Crippen molar-refractivity contribution in [1.82, 2.24) is 9.88 Å². The predicted molar refractivity (Wildman–Crippen MR) is 116 cm³/mol. The Kier molecular flexibility index (Phi) is 5.75. The van der Waals surface area contributed by atoms with E-state index in [2.05, 4.69) is 40.9 Å². The first-order chi connectivity index (χ1) is 13.0. The van der Waals surface area contributed by atoms with E-state index in [1.807, 2.05) is 25.2 Å². The molecule has 0 amide bonds. The van der Waals surface area contributed by atoms with Gasteiger partial charge in [-0.15, -0.1) is 0 Å². The number of nitrogens with zero attached hydrogens (tertiary/aromatic N) is 1. The number of aliphatic carboxylic acids is 1. The summed E-state index contributed by atoms with van der Waals surface area (Å²) in [6.45, 7) is 7.05. The predicted octanol–water partition coefficient (Wildman–Crippen LogP) is 4.01. The molecule has 1 saturated heterocycles. The molecule has 0 unspecified atom stereocenters. The zero-order valence-electron chi connectivity index (χ0n) is 16.7. The van der Waals surface area contributed by atoms with Crippen molar-refractivity contribution < 1.29 is 19.4 Å². The van der Waals surface area contributed by atoms with E-state index >= 15 is 0 Å². The number of esters is 1. The summed E-state index contributed by atoms with van der Waals surface area (Å²) in [5.41, 5.74) is 0.380. The van der Waals surface area contributed by atoms with Crippen LogP contribution in [-0.4, -0.2) is 47.9 Å². The largest absolute Gasteiger partial charge is 0.480 e. The van der Waals surface area contributed by atoms with Gasteiger partial charge in [0.2, 0.25) is 0 Å². The lowest BCUT2D eigenvalue weighted by molar-refractivity contribution is -0.144. The molecule has 0 bridgehead atoms. The Bertz CT molecular complexity index is 921. The van der Waals surface area contributed by atoms with Gasteiger partial charge < -0.3 is 14.4 Å². The molecule has 0 aliphatic carbocycles. The number of ether oxygens (including phenoxy) is 1. The summed E-state index contributed by atoms with van der Waals surface area (Å²) < 4.78 is 8.42. The first kappa shape index (κ1) is 21.1. The number of benzene rings is 1. The van der Waals surface area contributed by atoms with Crippen molar-refractivity contribution >= 4 is 46.8 Å². The van der Waals surface area contributed by atoms with Crippen molar-refractivity contribution in [1.29, 1.82) is 0 Å². The number of carbonyl (C=O) groups excluding carboxylic acids is 1. The zero-order valence-corrected chi connectivity index (χ0v) is 19.3. The van der Waals surface area contributed by atoms with Gasteiger partial charge in [-0.05, 0) is 24.6 Å². The molecule has 2 N–H and O–H groups in total. The Hall–Kier alpha value is -1.64. The van der Waals surface area contributed by atoms with Crippen molar-refractivity contribution in [3.05, 3.63) is 34.4 Å². The number of fused-ring (bicyclic) bond motifs is 1. The number of hydrogen-bond donors (Lipinski definition) is 2. The fourth-order valence-corrected chi connectivity index (χ4v) is 5.35. The fourth-order valence-electron chi connectivity index (χ4n) is 3.71. The zero-order chi connectivity index (χ0) is 20.7. The average Bonchev–Trinajstić information content (AvgIpc) is 3.16. The Morgan fingerprint density at radius 2 is 2.11 bits per heavy atom. The van der Waals surface area contributed by atoms with E-state index in [0.717, 1.165) is 21.4 Å². The Morgan fingerprint density at radius 3 is 2.71 bits per heavy atom. The third-order valence-corrected chi connectivity index (χ3v) is 7.91. The minimum absolute atomic E-state index is 0.298. The Morgan fingerprint density at radius 1 is 1.39 bits per heavy atom. The highest BCUT2D eigenvalue weighted by molar-refractivity contribution is 9.10. The van der Waals surface area contributed by atoms with Crippen LogP contribution >= 0.6 is 15.9 Å². The number of nitrogens with one attached hydrogen (secondary N) is 1. The molecule has 6 nitrogen and oxygen atoms in total. The van der Waals surface area contributed by atoms with Gasteiger partial charge in [-0.3, -0.25) is 10.1 Å². The van der Waals surface area contributed by atoms with E-state index in [-0.39, 0.29) is 0 Å². The van der Waals surface area contributed by atoms with Crippen LogP contribution < -0.4 is 5.32 Å². The van der Waals surface area contributed by atoms with Gasteiger partial charge in [-0.25, -0.2) is 4.79 Å². The molecule has 1 aliphatic heterocycles. The molecule has 1 aromatic heterocycles. The van der Waals surface area contributed by atoms with E-state index in [1.54, 1.807) is 10.6 Å². The van der Waals surface area contributed by atoms with Crippen LogP contribution in [0, 0.1) is 0 Å². The Labute approximate surface area is 174 Å². The molecule has 152 valence electrons. The van der Waals surface area contributed by atoms with E-state index < -0.39 is 31.7 Å². The fraction of sp³-hybridized carbons (Fsp3) is 0.500. The molecule has 1 fully saturated rings. The number of carbonyl (C=O) groups is 2. The van der Waals surface area contributed by atoms with Crippen molar-refractivity contribution in [2.45, 2.75) is 50.2 Å². The molecule has 0 radical (unpaired) electrons. The van der Waals surface area contributed by atoms with Crippen LogP contribution in [0.3, 0.4) is 0 Å². The molecule has 28 heavy (non-hydrogen) atoms. The van der Waals surface area contributed by atoms with Crippen molar-refractivity contribution in [3.8, 4) is 0 Å². The summed E-state index contributed by atoms with van der Waals surface area (Å²) in [5.74, 6) is -1.29. The van der Waals surface area contributed by atoms with E-state index in [9.17, 15) is 14.7 Å². The van der Waals surface area contributed by atoms with Gasteiger partial charge >= 0.3 is 11.9 Å². The summed E-state index contributed by atoms with van der Waals surface area (Å²) in [7, 11) is 0.452. The molecule has 1 aromatic carbocycles. The Balaban J connectivity index is 1.74. The number of aryl methyl sites for hydroxylation is 1.